The van der Waals surface area contributed by atoms with Gasteiger partial charge in [-0.1, -0.05) is 17.3 Å². The highest BCUT2D eigenvalue weighted by atomic mass is 19.4. The molecule has 0 saturated carbocycles. The minimum Gasteiger partial charge on any atom is -0.394 e. The summed E-state index contributed by atoms with van der Waals surface area (Å²) in [5, 5.41) is 46.4. The van der Waals surface area contributed by atoms with E-state index in [2.05, 4.69) is 10.3 Å². The van der Waals surface area contributed by atoms with E-state index >= 15 is 0 Å². The predicted octanol–water partition coefficient (Wildman–Crippen LogP) is -0.0637. The SMILES string of the molecule is OC[C@H]1O[C@@H](n2cc(-c3ccc(C(F)(F)F)cc3)nn2)[C@H](O)[C@@H](O)[C@H]1O. The highest BCUT2D eigenvalue weighted by molar-refractivity contribution is 5.58. The molecule has 1 fully saturated rings. The van der Waals surface area contributed by atoms with Crippen LogP contribution in [-0.4, -0.2) is 66.4 Å². The first-order valence-electron chi connectivity index (χ1n) is 7.62. The largest absolute Gasteiger partial charge is 0.416 e. The Morgan fingerprint density at radius 1 is 1.04 bits per heavy atom. The van der Waals surface area contributed by atoms with Gasteiger partial charge >= 0.3 is 6.18 Å². The number of aromatic nitrogens is 3. The van der Waals surface area contributed by atoms with Crippen LogP contribution < -0.4 is 0 Å². The molecule has 1 saturated heterocycles. The Hall–Kier alpha value is -2.05. The van der Waals surface area contributed by atoms with Crippen molar-refractivity contribution in [3.8, 4) is 11.3 Å². The highest BCUT2D eigenvalue weighted by Gasteiger charge is 2.44. The number of benzene rings is 1. The molecule has 26 heavy (non-hydrogen) atoms. The molecule has 0 amide bonds. The van der Waals surface area contributed by atoms with E-state index in [1.807, 2.05) is 0 Å². The van der Waals surface area contributed by atoms with Crippen molar-refractivity contribution in [2.45, 2.75) is 36.8 Å². The molecule has 8 nitrogen and oxygen atoms in total. The van der Waals surface area contributed by atoms with E-state index < -0.39 is 49.0 Å². The minimum absolute atomic E-state index is 0.218. The Morgan fingerprint density at radius 2 is 1.69 bits per heavy atom. The fourth-order valence-corrected chi connectivity index (χ4v) is 2.66. The van der Waals surface area contributed by atoms with Gasteiger partial charge in [0.2, 0.25) is 0 Å². The minimum atomic E-state index is -4.45. The Morgan fingerprint density at radius 3 is 2.27 bits per heavy atom. The molecule has 1 aliphatic rings. The smallest absolute Gasteiger partial charge is 0.394 e. The zero-order valence-electron chi connectivity index (χ0n) is 13.2. The van der Waals surface area contributed by atoms with E-state index in [-0.39, 0.29) is 5.69 Å². The Kier molecular flexibility index (Phi) is 4.99. The zero-order valence-corrected chi connectivity index (χ0v) is 13.2. The first kappa shape index (κ1) is 18.7. The molecule has 0 radical (unpaired) electrons. The Bertz CT molecular complexity index is 750. The van der Waals surface area contributed by atoms with E-state index in [1.54, 1.807) is 0 Å². The first-order chi connectivity index (χ1) is 12.2. The number of hydrogen-bond donors (Lipinski definition) is 4. The number of halogens is 3. The average molecular weight is 375 g/mol. The maximum atomic E-state index is 12.6. The molecule has 1 aliphatic heterocycles. The molecule has 1 aromatic heterocycles. The van der Waals surface area contributed by atoms with Crippen molar-refractivity contribution in [1.82, 2.24) is 15.0 Å². The van der Waals surface area contributed by atoms with Gasteiger partial charge < -0.3 is 25.2 Å². The lowest BCUT2D eigenvalue weighted by Gasteiger charge is -2.39. The lowest BCUT2D eigenvalue weighted by molar-refractivity contribution is -0.254. The van der Waals surface area contributed by atoms with Crippen molar-refractivity contribution in [1.29, 1.82) is 0 Å². The van der Waals surface area contributed by atoms with Gasteiger partial charge in [0.25, 0.3) is 0 Å². The molecule has 3 rings (SSSR count). The van der Waals surface area contributed by atoms with Gasteiger partial charge in [-0.05, 0) is 12.1 Å². The summed E-state index contributed by atoms with van der Waals surface area (Å²) in [7, 11) is 0. The molecule has 5 atom stereocenters. The summed E-state index contributed by atoms with van der Waals surface area (Å²) in [6.45, 7) is -0.595. The van der Waals surface area contributed by atoms with Crippen LogP contribution in [0.4, 0.5) is 13.2 Å². The van der Waals surface area contributed by atoms with Gasteiger partial charge in [-0.2, -0.15) is 13.2 Å². The molecule has 4 N–H and O–H groups in total. The van der Waals surface area contributed by atoms with E-state index in [0.29, 0.717) is 5.56 Å². The van der Waals surface area contributed by atoms with Crippen molar-refractivity contribution >= 4 is 0 Å². The quantitative estimate of drug-likeness (QED) is 0.593. The second-order valence-corrected chi connectivity index (χ2v) is 5.88. The second kappa shape index (κ2) is 6.93. The van der Waals surface area contributed by atoms with Crippen molar-refractivity contribution in [2.75, 3.05) is 6.61 Å². The van der Waals surface area contributed by atoms with Crippen LogP contribution in [-0.2, 0) is 10.9 Å². The summed E-state index contributed by atoms with van der Waals surface area (Å²) in [6.07, 6.45) is -10.1. The topological polar surface area (TPSA) is 121 Å². The summed E-state index contributed by atoms with van der Waals surface area (Å²) in [5.74, 6) is 0. The van der Waals surface area contributed by atoms with Crippen LogP contribution in [0.25, 0.3) is 11.3 Å². The van der Waals surface area contributed by atoms with Gasteiger partial charge in [-0.3, -0.25) is 0 Å². The fraction of sp³-hybridized carbons (Fsp3) is 0.467. The number of aliphatic hydroxyl groups excluding tert-OH is 4. The Labute approximate surface area is 145 Å². The lowest BCUT2D eigenvalue weighted by Crippen LogP contribution is -2.56. The molecule has 142 valence electrons. The van der Waals surface area contributed by atoms with Gasteiger partial charge in [0.05, 0.1) is 18.4 Å². The lowest BCUT2D eigenvalue weighted by atomic mass is 9.98. The summed E-state index contributed by atoms with van der Waals surface area (Å²) in [4.78, 5) is 0. The first-order valence-corrected chi connectivity index (χ1v) is 7.62. The van der Waals surface area contributed by atoms with Crippen LogP contribution in [0.2, 0.25) is 0 Å². The maximum absolute atomic E-state index is 12.6. The number of aliphatic hydroxyl groups is 4. The number of hydrogen-bond acceptors (Lipinski definition) is 7. The van der Waals surface area contributed by atoms with E-state index in [0.717, 1.165) is 16.8 Å². The number of alkyl halides is 3. The van der Waals surface area contributed by atoms with Gasteiger partial charge in [0.15, 0.2) is 6.23 Å². The Balaban J connectivity index is 1.83. The molecule has 2 heterocycles. The van der Waals surface area contributed by atoms with Crippen LogP contribution in [0, 0.1) is 0 Å². The molecular weight excluding hydrogens is 359 g/mol. The molecule has 11 heteroatoms. The van der Waals surface area contributed by atoms with Crippen LogP contribution in [0.3, 0.4) is 0 Å². The van der Waals surface area contributed by atoms with Crippen molar-refractivity contribution in [2.24, 2.45) is 0 Å². The van der Waals surface area contributed by atoms with Crippen LogP contribution >= 0.6 is 0 Å². The molecular formula is C15H16F3N3O5. The van der Waals surface area contributed by atoms with Crippen LogP contribution in [0.15, 0.2) is 30.5 Å². The molecule has 0 bridgehead atoms. The maximum Gasteiger partial charge on any atom is 0.416 e. The molecule has 0 aliphatic carbocycles. The molecule has 0 spiro atoms. The molecule has 2 aromatic rings. The van der Waals surface area contributed by atoms with Crippen LogP contribution in [0.5, 0.6) is 0 Å². The molecule has 0 unspecified atom stereocenters. The third-order valence-electron chi connectivity index (χ3n) is 4.15. The second-order valence-electron chi connectivity index (χ2n) is 5.88. The number of rotatable bonds is 3. The van der Waals surface area contributed by atoms with Gasteiger partial charge in [0.1, 0.15) is 30.1 Å². The summed E-state index contributed by atoms with van der Waals surface area (Å²) < 4.78 is 44.2. The summed E-state index contributed by atoms with van der Waals surface area (Å²) in [5.41, 5.74) is -0.230. The van der Waals surface area contributed by atoms with Gasteiger partial charge in [-0.15, -0.1) is 5.10 Å². The van der Waals surface area contributed by atoms with E-state index in [9.17, 15) is 33.6 Å². The standard InChI is InChI=1S/C15H16F3N3O5/c16-15(17,18)8-3-1-7(2-4-8)9-5-21(20-19-9)14-13(25)12(24)11(23)10(6-22)26-14/h1-5,10-14,22-25H,6H2/t10-,11+,12+,13-,14-/m1/s1. The molecule has 1 aromatic carbocycles. The third-order valence-corrected chi connectivity index (χ3v) is 4.15. The average Bonchev–Trinajstić information content (AvgIpc) is 3.09. The number of nitrogens with zero attached hydrogens (tertiary/aromatic N) is 3. The fourth-order valence-electron chi connectivity index (χ4n) is 2.66. The van der Waals surface area contributed by atoms with Gasteiger partial charge in [0, 0.05) is 5.56 Å². The van der Waals surface area contributed by atoms with E-state index in [1.165, 1.54) is 18.3 Å². The van der Waals surface area contributed by atoms with Gasteiger partial charge in [-0.25, -0.2) is 4.68 Å². The summed E-state index contributed by atoms with van der Waals surface area (Å²) in [6, 6.07) is 4.26. The predicted molar refractivity (Wildman–Crippen MR) is 79.5 cm³/mol. The highest BCUT2D eigenvalue weighted by Crippen LogP contribution is 2.31. The summed E-state index contributed by atoms with van der Waals surface area (Å²) >= 11 is 0. The number of ether oxygens (including phenoxy) is 1. The van der Waals surface area contributed by atoms with Crippen molar-refractivity contribution in [3.05, 3.63) is 36.0 Å². The van der Waals surface area contributed by atoms with E-state index in [4.69, 9.17) is 4.74 Å². The third kappa shape index (κ3) is 3.44. The normalized spacial score (nSPS) is 29.7. The van der Waals surface area contributed by atoms with Crippen LogP contribution in [0.1, 0.15) is 11.8 Å². The van der Waals surface area contributed by atoms with Crippen molar-refractivity contribution < 1.29 is 38.3 Å². The zero-order chi connectivity index (χ0) is 19.1. The van der Waals surface area contributed by atoms with Crippen molar-refractivity contribution in [3.63, 3.8) is 0 Å². The monoisotopic (exact) mass is 375 g/mol.